The fourth-order valence-electron chi connectivity index (χ4n) is 4.44. The van der Waals surface area contributed by atoms with E-state index < -0.39 is 0 Å². The Hall–Kier alpha value is -1.06. The van der Waals surface area contributed by atoms with Gasteiger partial charge in [0.05, 0.1) is 0 Å². The molecule has 4 heteroatoms. The molecule has 2 atom stereocenters. The zero-order chi connectivity index (χ0) is 11.3. The molecule has 0 aromatic carbocycles. The summed E-state index contributed by atoms with van der Waals surface area (Å²) >= 11 is 0. The monoisotopic (exact) mass is 222 g/mol. The number of piperidine rings is 2. The Morgan fingerprint density at radius 2 is 1.94 bits per heavy atom. The Morgan fingerprint density at radius 3 is 2.44 bits per heavy atom. The van der Waals surface area contributed by atoms with Gasteiger partial charge in [-0.15, -0.1) is 0 Å². The molecule has 2 saturated heterocycles. The highest BCUT2D eigenvalue weighted by Gasteiger charge is 2.55. The minimum atomic E-state index is 0.00417. The van der Waals surface area contributed by atoms with Gasteiger partial charge in [0.25, 0.3) is 0 Å². The van der Waals surface area contributed by atoms with E-state index in [1.54, 1.807) is 6.92 Å². The molecule has 2 aliphatic heterocycles. The predicted octanol–water partition coefficient (Wildman–Crippen LogP) is 0.664. The molecule has 2 amide bonds. The van der Waals surface area contributed by atoms with Gasteiger partial charge in [0, 0.05) is 24.5 Å². The van der Waals surface area contributed by atoms with Crippen LogP contribution in [0.25, 0.3) is 0 Å². The van der Waals surface area contributed by atoms with Crippen LogP contribution in [0.1, 0.15) is 39.0 Å². The molecule has 1 N–H and O–H groups in total. The molecule has 2 heterocycles. The largest absolute Gasteiger partial charge is 0.353 e. The van der Waals surface area contributed by atoms with Crippen LogP contribution in [0, 0.1) is 5.92 Å². The van der Waals surface area contributed by atoms with Crippen molar-refractivity contribution >= 4 is 12.3 Å². The van der Waals surface area contributed by atoms with Crippen molar-refractivity contribution in [2.75, 3.05) is 0 Å². The SMILES string of the molecule is CC(=O)N1C2CC3CC1CC(NC=O)(C3)C2. The molecule has 2 aliphatic carbocycles. The number of carbonyl (C=O) groups is 2. The summed E-state index contributed by atoms with van der Waals surface area (Å²) in [5.74, 6) is 0.913. The van der Waals surface area contributed by atoms with E-state index in [2.05, 4.69) is 10.2 Å². The molecule has 0 spiro atoms. The lowest BCUT2D eigenvalue weighted by Crippen LogP contribution is -2.69. The molecule has 2 saturated carbocycles. The Balaban J connectivity index is 1.88. The van der Waals surface area contributed by atoms with Crippen LogP contribution < -0.4 is 5.32 Å². The number of nitrogens with zero attached hydrogens (tertiary/aromatic N) is 1. The Bertz CT molecular complexity index is 326. The van der Waals surface area contributed by atoms with Crippen LogP contribution in [0.2, 0.25) is 0 Å². The van der Waals surface area contributed by atoms with Crippen molar-refractivity contribution in [2.24, 2.45) is 5.92 Å². The highest BCUT2D eigenvalue weighted by Crippen LogP contribution is 2.51. The smallest absolute Gasteiger partial charge is 0.219 e. The van der Waals surface area contributed by atoms with Gasteiger partial charge in [-0.25, -0.2) is 0 Å². The minimum Gasteiger partial charge on any atom is -0.353 e. The third-order valence-electron chi connectivity index (χ3n) is 4.66. The number of hydrogen-bond acceptors (Lipinski definition) is 2. The van der Waals surface area contributed by atoms with Gasteiger partial charge in [-0.1, -0.05) is 0 Å². The summed E-state index contributed by atoms with van der Waals surface area (Å²) < 4.78 is 0. The standard InChI is InChI=1S/C12H18N2O2/c1-8(16)14-10-2-9-3-11(14)6-12(4-9,5-10)13-7-15/h7,9-11H,2-6H2,1H3,(H,13,15). The first kappa shape index (κ1) is 10.1. The molecule has 4 rings (SSSR count). The van der Waals surface area contributed by atoms with Gasteiger partial charge >= 0.3 is 0 Å². The van der Waals surface area contributed by atoms with Gasteiger partial charge in [0.15, 0.2) is 0 Å². The van der Waals surface area contributed by atoms with E-state index >= 15 is 0 Å². The van der Waals surface area contributed by atoms with E-state index in [1.807, 2.05) is 0 Å². The fraction of sp³-hybridized carbons (Fsp3) is 0.833. The van der Waals surface area contributed by atoms with Crippen molar-refractivity contribution in [1.82, 2.24) is 10.2 Å². The van der Waals surface area contributed by atoms with Crippen LogP contribution >= 0.6 is 0 Å². The maximum absolute atomic E-state index is 11.6. The van der Waals surface area contributed by atoms with Gasteiger partial charge in [0.2, 0.25) is 12.3 Å². The second-order valence-corrected chi connectivity index (χ2v) is 5.73. The minimum absolute atomic E-state index is 0.00417. The number of rotatable bonds is 2. The first-order chi connectivity index (χ1) is 7.63. The predicted molar refractivity (Wildman–Crippen MR) is 58.6 cm³/mol. The number of amides is 2. The molecular formula is C12H18N2O2. The summed E-state index contributed by atoms with van der Waals surface area (Å²) in [7, 11) is 0. The molecular weight excluding hydrogens is 204 g/mol. The van der Waals surface area contributed by atoms with E-state index in [0.717, 1.165) is 38.5 Å². The molecule has 0 aromatic rings. The van der Waals surface area contributed by atoms with Crippen LogP contribution in [0.3, 0.4) is 0 Å². The van der Waals surface area contributed by atoms with Crippen LogP contribution in [-0.2, 0) is 9.59 Å². The first-order valence-electron chi connectivity index (χ1n) is 6.14. The summed E-state index contributed by atoms with van der Waals surface area (Å²) in [5.41, 5.74) is 0.00417. The third kappa shape index (κ3) is 1.28. The van der Waals surface area contributed by atoms with Gasteiger partial charge in [-0.3, -0.25) is 9.59 Å². The summed E-state index contributed by atoms with van der Waals surface area (Å²) in [5, 5.41) is 3.03. The zero-order valence-corrected chi connectivity index (χ0v) is 9.61. The number of nitrogens with one attached hydrogen (secondary N) is 1. The number of carbonyl (C=O) groups excluding carboxylic acids is 2. The van der Waals surface area contributed by atoms with Crippen LogP contribution in [0.5, 0.6) is 0 Å². The second kappa shape index (κ2) is 3.22. The van der Waals surface area contributed by atoms with Crippen LogP contribution in [-0.4, -0.2) is 34.8 Å². The summed E-state index contributed by atoms with van der Waals surface area (Å²) in [6.07, 6.45) is 6.14. The average molecular weight is 222 g/mol. The summed E-state index contributed by atoms with van der Waals surface area (Å²) in [4.78, 5) is 24.4. The maximum Gasteiger partial charge on any atom is 0.219 e. The van der Waals surface area contributed by atoms with Crippen molar-refractivity contribution in [3.63, 3.8) is 0 Å². The Morgan fingerprint density at radius 1 is 1.31 bits per heavy atom. The van der Waals surface area contributed by atoms with Crippen LogP contribution in [0.15, 0.2) is 0 Å². The van der Waals surface area contributed by atoms with Gasteiger partial charge in [-0.2, -0.15) is 0 Å². The maximum atomic E-state index is 11.6. The molecule has 4 bridgehead atoms. The van der Waals surface area contributed by atoms with E-state index in [-0.39, 0.29) is 11.4 Å². The van der Waals surface area contributed by atoms with E-state index in [9.17, 15) is 9.59 Å². The lowest BCUT2D eigenvalue weighted by molar-refractivity contribution is -0.150. The van der Waals surface area contributed by atoms with Crippen molar-refractivity contribution < 1.29 is 9.59 Å². The van der Waals surface area contributed by atoms with Crippen LogP contribution in [0.4, 0.5) is 0 Å². The quantitative estimate of drug-likeness (QED) is 0.698. The van der Waals surface area contributed by atoms with E-state index in [0.29, 0.717) is 18.0 Å². The molecule has 16 heavy (non-hydrogen) atoms. The molecule has 4 fully saturated rings. The Kier molecular flexibility index (Phi) is 2.03. The number of hydrogen-bond donors (Lipinski definition) is 1. The molecule has 2 unspecified atom stereocenters. The lowest BCUT2D eigenvalue weighted by Gasteiger charge is -2.61. The zero-order valence-electron chi connectivity index (χ0n) is 9.61. The van der Waals surface area contributed by atoms with Crippen molar-refractivity contribution in [3.8, 4) is 0 Å². The van der Waals surface area contributed by atoms with Gasteiger partial charge < -0.3 is 10.2 Å². The average Bonchev–Trinajstić information content (AvgIpc) is 2.14. The van der Waals surface area contributed by atoms with Crippen molar-refractivity contribution in [2.45, 2.75) is 56.7 Å². The summed E-state index contributed by atoms with van der Waals surface area (Å²) in [6.45, 7) is 1.67. The summed E-state index contributed by atoms with van der Waals surface area (Å²) in [6, 6.07) is 0.743. The van der Waals surface area contributed by atoms with Gasteiger partial charge in [-0.05, 0) is 38.0 Å². The molecule has 4 aliphatic rings. The van der Waals surface area contributed by atoms with E-state index in [4.69, 9.17) is 0 Å². The second-order valence-electron chi connectivity index (χ2n) is 5.73. The lowest BCUT2D eigenvalue weighted by atomic mass is 9.59. The highest BCUT2D eigenvalue weighted by atomic mass is 16.2. The Labute approximate surface area is 95.4 Å². The molecule has 0 radical (unpaired) electrons. The van der Waals surface area contributed by atoms with Crippen molar-refractivity contribution in [3.05, 3.63) is 0 Å². The highest BCUT2D eigenvalue weighted by molar-refractivity contribution is 5.74. The fourth-order valence-corrected chi connectivity index (χ4v) is 4.44. The normalized spacial score (nSPS) is 44.6. The van der Waals surface area contributed by atoms with Gasteiger partial charge in [0.1, 0.15) is 0 Å². The van der Waals surface area contributed by atoms with E-state index in [1.165, 1.54) is 0 Å². The first-order valence-corrected chi connectivity index (χ1v) is 6.14. The topological polar surface area (TPSA) is 49.4 Å². The van der Waals surface area contributed by atoms with Crippen molar-refractivity contribution in [1.29, 1.82) is 0 Å². The molecule has 0 aromatic heterocycles. The molecule has 88 valence electrons. The molecule has 4 nitrogen and oxygen atoms in total. The third-order valence-corrected chi connectivity index (χ3v) is 4.66.